The summed E-state index contributed by atoms with van der Waals surface area (Å²) >= 11 is 0. The van der Waals surface area contributed by atoms with Crippen LogP contribution in [0.5, 0.6) is 5.75 Å². The van der Waals surface area contributed by atoms with Crippen molar-refractivity contribution in [3.8, 4) is 5.75 Å². The van der Waals surface area contributed by atoms with Gasteiger partial charge in [0.05, 0.1) is 24.6 Å². The fourth-order valence-corrected chi connectivity index (χ4v) is 5.54. The fraction of sp³-hybridized carbons (Fsp3) is 0.565. The van der Waals surface area contributed by atoms with Gasteiger partial charge in [-0.05, 0) is 49.1 Å². The average Bonchev–Trinajstić information content (AvgIpc) is 3.42. The number of anilines is 1. The van der Waals surface area contributed by atoms with Crippen molar-refractivity contribution in [2.75, 3.05) is 19.0 Å². The highest BCUT2D eigenvalue weighted by Gasteiger charge is 2.62. The topological polar surface area (TPSA) is 102 Å². The largest absolute Gasteiger partial charge is 0.495 e. The Labute approximate surface area is 181 Å². The summed E-state index contributed by atoms with van der Waals surface area (Å²) in [4.78, 5) is 52.5. The first kappa shape index (κ1) is 21.3. The Bertz CT molecular complexity index is 885. The van der Waals surface area contributed by atoms with Crippen LogP contribution in [0.2, 0.25) is 0 Å². The number of carbonyl (C=O) groups is 4. The highest BCUT2D eigenvalue weighted by atomic mass is 16.5. The van der Waals surface area contributed by atoms with E-state index in [0.29, 0.717) is 11.4 Å². The molecule has 3 aliphatic rings. The van der Waals surface area contributed by atoms with Gasteiger partial charge in [-0.15, -0.1) is 0 Å². The van der Waals surface area contributed by atoms with Gasteiger partial charge in [0.1, 0.15) is 11.8 Å². The fourth-order valence-electron chi connectivity index (χ4n) is 5.54. The first-order valence-corrected chi connectivity index (χ1v) is 10.8. The van der Waals surface area contributed by atoms with Gasteiger partial charge in [0.25, 0.3) is 5.91 Å². The molecule has 0 radical (unpaired) electrons. The summed E-state index contributed by atoms with van der Waals surface area (Å²) in [6, 6.07) is 5.86. The standard InChI is InChI=1S/C23H28N2O6/c1-12(2)20(25-21(27)18-13-8-9-14(10-13)19(18)22(25)28)23(29)31-11-17(26)24-15-6-4-5-7-16(15)30-3/h4-7,12-14,18-20H,8-11H2,1-3H3,(H,24,26)/t13-,14-,18-,19-,20-/m0/s1. The van der Waals surface area contributed by atoms with Crippen LogP contribution in [-0.2, 0) is 23.9 Å². The lowest BCUT2D eigenvalue weighted by molar-refractivity contribution is -0.162. The summed E-state index contributed by atoms with van der Waals surface area (Å²) in [7, 11) is 1.49. The van der Waals surface area contributed by atoms with E-state index in [1.54, 1.807) is 38.1 Å². The van der Waals surface area contributed by atoms with Crippen LogP contribution < -0.4 is 10.1 Å². The maximum absolute atomic E-state index is 13.1. The van der Waals surface area contributed by atoms with Crippen LogP contribution in [0.4, 0.5) is 5.69 Å². The monoisotopic (exact) mass is 428 g/mol. The predicted octanol–water partition coefficient (Wildman–Crippen LogP) is 2.23. The lowest BCUT2D eigenvalue weighted by Gasteiger charge is -2.28. The molecule has 1 aromatic rings. The number of esters is 1. The van der Waals surface area contributed by atoms with Crippen molar-refractivity contribution < 1.29 is 28.7 Å². The third-order valence-electron chi connectivity index (χ3n) is 6.84. The lowest BCUT2D eigenvalue weighted by atomic mass is 9.81. The minimum atomic E-state index is -1.02. The van der Waals surface area contributed by atoms with Crippen molar-refractivity contribution >= 4 is 29.4 Å². The highest BCUT2D eigenvalue weighted by molar-refractivity contribution is 6.08. The number of hydrogen-bond donors (Lipinski definition) is 1. The van der Waals surface area contributed by atoms with E-state index in [1.165, 1.54) is 7.11 Å². The SMILES string of the molecule is COc1ccccc1NC(=O)COC(=O)[C@H](C(C)C)N1C(=O)[C@H]2[C@H]3CC[C@@H](C3)[C@@H]2C1=O. The average molecular weight is 428 g/mol. The molecule has 0 aromatic heterocycles. The summed E-state index contributed by atoms with van der Waals surface area (Å²) in [5.74, 6) is -1.73. The number of hydrogen-bond acceptors (Lipinski definition) is 6. The maximum Gasteiger partial charge on any atom is 0.330 e. The number of imide groups is 1. The van der Waals surface area contributed by atoms with Gasteiger partial charge in [0.15, 0.2) is 6.61 Å². The molecule has 1 aliphatic heterocycles. The Kier molecular flexibility index (Phi) is 5.73. The Hall–Kier alpha value is -2.90. The number of benzene rings is 1. The summed E-state index contributed by atoms with van der Waals surface area (Å²) in [5.41, 5.74) is 0.458. The molecule has 3 fully saturated rings. The van der Waals surface area contributed by atoms with Crippen molar-refractivity contribution in [3.63, 3.8) is 0 Å². The summed E-state index contributed by atoms with van der Waals surface area (Å²) in [6.45, 7) is 3.02. The Morgan fingerprint density at radius 2 is 1.71 bits per heavy atom. The second-order valence-electron chi connectivity index (χ2n) is 8.98. The number of ether oxygens (including phenoxy) is 2. The molecule has 4 rings (SSSR count). The number of rotatable bonds is 7. The van der Waals surface area contributed by atoms with Crippen molar-refractivity contribution in [1.82, 2.24) is 4.90 Å². The number of likely N-dealkylation sites (tertiary alicyclic amines) is 1. The first-order chi connectivity index (χ1) is 14.8. The van der Waals surface area contributed by atoms with Crippen LogP contribution in [0, 0.1) is 29.6 Å². The van der Waals surface area contributed by atoms with Crippen LogP contribution in [0.25, 0.3) is 0 Å². The number of methoxy groups -OCH3 is 1. The van der Waals surface area contributed by atoms with Crippen molar-refractivity contribution in [3.05, 3.63) is 24.3 Å². The van der Waals surface area contributed by atoms with E-state index in [9.17, 15) is 19.2 Å². The van der Waals surface area contributed by atoms with Gasteiger partial charge < -0.3 is 14.8 Å². The van der Waals surface area contributed by atoms with Gasteiger partial charge >= 0.3 is 5.97 Å². The van der Waals surface area contributed by atoms with Crippen LogP contribution in [0.3, 0.4) is 0 Å². The quantitative estimate of drug-likeness (QED) is 0.528. The molecule has 0 spiro atoms. The van der Waals surface area contributed by atoms with E-state index in [0.717, 1.165) is 24.2 Å². The minimum absolute atomic E-state index is 0.243. The van der Waals surface area contributed by atoms with E-state index in [-0.39, 0.29) is 41.4 Å². The highest BCUT2D eigenvalue weighted by Crippen LogP contribution is 2.56. The van der Waals surface area contributed by atoms with Crippen LogP contribution in [0.1, 0.15) is 33.1 Å². The van der Waals surface area contributed by atoms with Gasteiger partial charge in [-0.1, -0.05) is 26.0 Å². The van der Waals surface area contributed by atoms with Gasteiger partial charge in [-0.3, -0.25) is 19.3 Å². The summed E-state index contributed by atoms with van der Waals surface area (Å²) in [6.07, 6.45) is 2.87. The smallest absolute Gasteiger partial charge is 0.330 e. The molecule has 1 aromatic carbocycles. The van der Waals surface area contributed by atoms with Crippen molar-refractivity contribution in [1.29, 1.82) is 0 Å². The molecule has 8 nitrogen and oxygen atoms in total. The van der Waals surface area contributed by atoms with E-state index in [1.807, 2.05) is 0 Å². The molecular formula is C23H28N2O6. The Morgan fingerprint density at radius 1 is 1.10 bits per heavy atom. The minimum Gasteiger partial charge on any atom is -0.495 e. The number of carbonyl (C=O) groups excluding carboxylic acids is 4. The summed E-state index contributed by atoms with van der Waals surface area (Å²) < 4.78 is 10.4. The molecule has 2 bridgehead atoms. The van der Waals surface area contributed by atoms with Crippen molar-refractivity contribution in [2.24, 2.45) is 29.6 Å². The third kappa shape index (κ3) is 3.68. The molecule has 3 amide bonds. The van der Waals surface area contributed by atoms with E-state index >= 15 is 0 Å². The Balaban J connectivity index is 1.42. The zero-order valence-electron chi connectivity index (χ0n) is 18.0. The van der Waals surface area contributed by atoms with Crippen LogP contribution >= 0.6 is 0 Å². The predicted molar refractivity (Wildman–Crippen MR) is 111 cm³/mol. The van der Waals surface area contributed by atoms with E-state index in [2.05, 4.69) is 5.32 Å². The second kappa shape index (κ2) is 8.32. The zero-order valence-corrected chi connectivity index (χ0v) is 18.0. The van der Waals surface area contributed by atoms with Gasteiger partial charge in [0, 0.05) is 0 Å². The number of nitrogens with one attached hydrogen (secondary N) is 1. The van der Waals surface area contributed by atoms with Gasteiger partial charge in [-0.2, -0.15) is 0 Å². The normalized spacial score (nSPS) is 27.4. The van der Waals surface area contributed by atoms with Crippen LogP contribution in [-0.4, -0.2) is 48.3 Å². The summed E-state index contributed by atoms with van der Waals surface area (Å²) in [5, 5.41) is 2.64. The van der Waals surface area contributed by atoms with Crippen molar-refractivity contribution in [2.45, 2.75) is 39.2 Å². The molecule has 8 heteroatoms. The maximum atomic E-state index is 13.1. The third-order valence-corrected chi connectivity index (χ3v) is 6.84. The molecule has 2 saturated carbocycles. The molecule has 31 heavy (non-hydrogen) atoms. The number of fused-ring (bicyclic) bond motifs is 5. The molecule has 1 heterocycles. The van der Waals surface area contributed by atoms with E-state index in [4.69, 9.17) is 9.47 Å². The number of amides is 3. The molecule has 1 N–H and O–H groups in total. The molecule has 0 unspecified atom stereocenters. The second-order valence-corrected chi connectivity index (χ2v) is 8.98. The molecule has 2 aliphatic carbocycles. The van der Waals surface area contributed by atoms with E-state index < -0.39 is 24.5 Å². The first-order valence-electron chi connectivity index (χ1n) is 10.8. The van der Waals surface area contributed by atoms with Gasteiger partial charge in [0.2, 0.25) is 11.8 Å². The Morgan fingerprint density at radius 3 is 2.29 bits per heavy atom. The zero-order chi connectivity index (χ0) is 22.3. The number of nitrogens with zero attached hydrogens (tertiary/aromatic N) is 1. The molecule has 1 saturated heterocycles. The molecule has 166 valence electrons. The van der Waals surface area contributed by atoms with Crippen LogP contribution in [0.15, 0.2) is 24.3 Å². The molecular weight excluding hydrogens is 400 g/mol. The lowest BCUT2D eigenvalue weighted by Crippen LogP contribution is -2.50. The van der Waals surface area contributed by atoms with Gasteiger partial charge in [-0.25, -0.2) is 4.79 Å². The molecule has 5 atom stereocenters. The number of para-hydroxylation sites is 2.